The Bertz CT molecular complexity index is 501. The van der Waals surface area contributed by atoms with Crippen molar-refractivity contribution in [3.8, 4) is 0 Å². The van der Waals surface area contributed by atoms with Crippen molar-refractivity contribution < 1.29 is 34.1 Å². The Morgan fingerprint density at radius 2 is 1.26 bits per heavy atom. The van der Waals surface area contributed by atoms with Gasteiger partial charge in [-0.3, -0.25) is 9.59 Å². The third-order valence-electron chi connectivity index (χ3n) is 3.72. The zero-order chi connectivity index (χ0) is 20.4. The van der Waals surface area contributed by atoms with Gasteiger partial charge in [0.05, 0.1) is 12.2 Å². The van der Waals surface area contributed by atoms with Gasteiger partial charge in [0.1, 0.15) is 12.1 Å². The van der Waals surface area contributed by atoms with Crippen molar-refractivity contribution in [3.63, 3.8) is 0 Å². The summed E-state index contributed by atoms with van der Waals surface area (Å²) < 4.78 is 5.90. The molecule has 9 nitrogen and oxygen atoms in total. The number of carbonyl (C=O) groups excluding carboxylic acids is 2. The van der Waals surface area contributed by atoms with Crippen molar-refractivity contribution in [1.29, 1.82) is 0 Å². The molecule has 1 fully saturated rings. The third-order valence-corrected chi connectivity index (χ3v) is 6.08. The number of hydrogen-bond donors (Lipinski definition) is 4. The summed E-state index contributed by atoms with van der Waals surface area (Å²) >= 11 is 2.84. The van der Waals surface area contributed by atoms with E-state index < -0.39 is 24.0 Å². The van der Waals surface area contributed by atoms with Crippen molar-refractivity contribution in [2.24, 2.45) is 0 Å². The van der Waals surface area contributed by atoms with E-state index in [0.717, 1.165) is 12.8 Å². The van der Waals surface area contributed by atoms with E-state index in [1.165, 1.54) is 37.4 Å². The Morgan fingerprint density at radius 3 is 1.56 bits per heavy atom. The van der Waals surface area contributed by atoms with Crippen LogP contribution in [0, 0.1) is 0 Å². The summed E-state index contributed by atoms with van der Waals surface area (Å²) in [5.41, 5.74) is 0. The first-order valence-corrected chi connectivity index (χ1v) is 10.8. The van der Waals surface area contributed by atoms with Gasteiger partial charge in [0.25, 0.3) is 0 Å². The van der Waals surface area contributed by atoms with Gasteiger partial charge in [-0.2, -0.15) is 23.5 Å². The zero-order valence-corrected chi connectivity index (χ0v) is 16.9. The van der Waals surface area contributed by atoms with Gasteiger partial charge in [-0.1, -0.05) is 0 Å². The molecule has 2 amide bonds. The van der Waals surface area contributed by atoms with Crippen LogP contribution in [-0.2, 0) is 23.9 Å². The molecule has 1 rings (SSSR count). The minimum Gasteiger partial charge on any atom is -0.480 e. The average Bonchev–Trinajstić information content (AvgIpc) is 2.99. The van der Waals surface area contributed by atoms with E-state index in [1.54, 1.807) is 0 Å². The molecule has 1 heterocycles. The lowest BCUT2D eigenvalue weighted by Crippen LogP contribution is -2.41. The van der Waals surface area contributed by atoms with E-state index in [2.05, 4.69) is 10.6 Å². The molecule has 0 saturated carbocycles. The summed E-state index contributed by atoms with van der Waals surface area (Å²) in [5.74, 6) is -1.08. The second-order valence-corrected chi connectivity index (χ2v) is 8.36. The molecule has 1 saturated heterocycles. The number of carbonyl (C=O) groups is 4. The smallest absolute Gasteiger partial charge is 0.327 e. The Labute approximate surface area is 166 Å². The van der Waals surface area contributed by atoms with E-state index >= 15 is 0 Å². The van der Waals surface area contributed by atoms with Crippen LogP contribution in [0.1, 0.15) is 26.7 Å². The van der Waals surface area contributed by atoms with Crippen molar-refractivity contribution in [1.82, 2.24) is 10.6 Å². The lowest BCUT2D eigenvalue weighted by Gasteiger charge is -2.17. The number of rotatable bonds is 12. The van der Waals surface area contributed by atoms with Crippen molar-refractivity contribution >= 4 is 47.3 Å². The van der Waals surface area contributed by atoms with E-state index in [-0.39, 0.29) is 35.5 Å². The molecule has 27 heavy (non-hydrogen) atoms. The van der Waals surface area contributed by atoms with Gasteiger partial charge in [0.2, 0.25) is 11.8 Å². The lowest BCUT2D eigenvalue weighted by molar-refractivity contribution is -0.141. The number of hydrogen-bond acceptors (Lipinski definition) is 7. The summed E-state index contributed by atoms with van der Waals surface area (Å²) in [6.45, 7) is 2.56. The van der Waals surface area contributed by atoms with Crippen LogP contribution >= 0.6 is 23.5 Å². The van der Waals surface area contributed by atoms with Crippen LogP contribution in [0.15, 0.2) is 0 Å². The molecular formula is C16H26N2O7S2. The van der Waals surface area contributed by atoms with E-state index in [0.29, 0.717) is 11.5 Å². The number of nitrogens with one attached hydrogen (secondary N) is 2. The average molecular weight is 423 g/mol. The largest absolute Gasteiger partial charge is 0.480 e. The third kappa shape index (κ3) is 9.87. The summed E-state index contributed by atoms with van der Waals surface area (Å²) in [7, 11) is 0. The van der Waals surface area contributed by atoms with E-state index in [9.17, 15) is 19.2 Å². The van der Waals surface area contributed by atoms with Gasteiger partial charge < -0.3 is 25.6 Å². The van der Waals surface area contributed by atoms with Crippen LogP contribution in [0.25, 0.3) is 0 Å². The van der Waals surface area contributed by atoms with Crippen LogP contribution in [0.3, 0.4) is 0 Å². The molecule has 4 N–H and O–H groups in total. The Morgan fingerprint density at radius 1 is 0.889 bits per heavy atom. The van der Waals surface area contributed by atoms with Crippen LogP contribution in [-0.4, -0.2) is 81.3 Å². The monoisotopic (exact) mass is 422 g/mol. The predicted molar refractivity (Wildman–Crippen MR) is 103 cm³/mol. The highest BCUT2D eigenvalue weighted by molar-refractivity contribution is 7.99. The number of ether oxygens (including phenoxy) is 1. The molecule has 0 aromatic carbocycles. The summed E-state index contributed by atoms with van der Waals surface area (Å²) in [4.78, 5) is 44.1. The minimum absolute atomic E-state index is 0.0120. The molecule has 0 aliphatic carbocycles. The molecule has 0 aromatic heterocycles. The number of amides is 2. The fourth-order valence-electron chi connectivity index (χ4n) is 2.50. The molecule has 1 aliphatic rings. The molecule has 0 unspecified atom stereocenters. The summed E-state index contributed by atoms with van der Waals surface area (Å²) in [6.07, 6.45) is 1.73. The molecule has 11 heteroatoms. The highest BCUT2D eigenvalue weighted by Gasteiger charge is 2.27. The summed E-state index contributed by atoms with van der Waals surface area (Å²) in [6, 6.07) is -1.83. The van der Waals surface area contributed by atoms with Crippen molar-refractivity contribution in [2.75, 3.05) is 23.0 Å². The molecule has 0 bridgehead atoms. The Balaban J connectivity index is 2.25. The SMILES string of the molecule is CC(=O)N[C@@H](CSC[C@@H]1CC[C@@H](CSC[C@@H](NC(C)=O)C(=O)O)O1)C(=O)O. The number of thioether (sulfide) groups is 2. The molecule has 154 valence electrons. The van der Waals surface area contributed by atoms with Gasteiger partial charge in [-0.05, 0) is 12.8 Å². The number of carboxylic acids is 2. The maximum absolute atomic E-state index is 11.1. The van der Waals surface area contributed by atoms with Gasteiger partial charge in [-0.25, -0.2) is 9.59 Å². The quantitative estimate of drug-likeness (QED) is 0.346. The predicted octanol–water partition coefficient (Wildman–Crippen LogP) is 0.179. The van der Waals surface area contributed by atoms with Crippen LogP contribution in [0.4, 0.5) is 0 Å². The second-order valence-electron chi connectivity index (χ2n) is 6.22. The maximum atomic E-state index is 11.1. The Kier molecular flexibility index (Phi) is 10.6. The van der Waals surface area contributed by atoms with Gasteiger partial charge in [-0.15, -0.1) is 0 Å². The normalized spacial score (nSPS) is 21.3. The lowest BCUT2D eigenvalue weighted by atomic mass is 10.2. The molecule has 0 radical (unpaired) electrons. The van der Waals surface area contributed by atoms with Crippen molar-refractivity contribution in [3.05, 3.63) is 0 Å². The minimum atomic E-state index is -1.06. The summed E-state index contributed by atoms with van der Waals surface area (Å²) in [5, 5.41) is 22.9. The molecule has 0 spiro atoms. The van der Waals surface area contributed by atoms with Crippen LogP contribution < -0.4 is 10.6 Å². The molecule has 1 aliphatic heterocycles. The first-order valence-electron chi connectivity index (χ1n) is 8.49. The van der Waals surface area contributed by atoms with Gasteiger partial charge in [0.15, 0.2) is 0 Å². The topological polar surface area (TPSA) is 142 Å². The maximum Gasteiger partial charge on any atom is 0.327 e. The molecule has 4 atom stereocenters. The van der Waals surface area contributed by atoms with E-state index in [1.807, 2.05) is 0 Å². The fraction of sp³-hybridized carbons (Fsp3) is 0.750. The first-order chi connectivity index (χ1) is 12.7. The standard InChI is InChI=1S/C16H26N2O7S2/c1-9(19)17-13(15(21)22)7-26-5-11-3-4-12(25-11)6-27-8-14(16(23)24)18-10(2)20/h11-14H,3-8H2,1-2H3,(H,17,19)(H,18,20)(H,21,22)(H,23,24)/t11-,12-,13-,14+/m0/s1. The van der Waals surface area contributed by atoms with E-state index in [4.69, 9.17) is 14.9 Å². The Hall–Kier alpha value is -1.46. The van der Waals surface area contributed by atoms with Crippen molar-refractivity contribution in [2.45, 2.75) is 51.0 Å². The van der Waals surface area contributed by atoms with Gasteiger partial charge in [0, 0.05) is 36.9 Å². The van der Waals surface area contributed by atoms with Crippen LogP contribution in [0.2, 0.25) is 0 Å². The fourth-order valence-corrected chi connectivity index (χ4v) is 4.71. The number of carboxylic acid groups (broad SMARTS) is 2. The molecule has 0 aromatic rings. The second kappa shape index (κ2) is 12.1. The first kappa shape index (κ1) is 23.6. The number of aliphatic carboxylic acids is 2. The van der Waals surface area contributed by atoms with Gasteiger partial charge >= 0.3 is 11.9 Å². The molecular weight excluding hydrogens is 396 g/mol. The van der Waals surface area contributed by atoms with Crippen LogP contribution in [0.5, 0.6) is 0 Å². The highest BCUT2D eigenvalue weighted by atomic mass is 32.2. The zero-order valence-electron chi connectivity index (χ0n) is 15.3. The highest BCUT2D eigenvalue weighted by Crippen LogP contribution is 2.25.